The van der Waals surface area contributed by atoms with E-state index in [1.807, 2.05) is 13.8 Å². The standard InChI is InChI=1S/C13H22N4O3S/c1-9(2)6-14-11(18)8-21-13-16-15-12(19)17(13)7-10-4-3-5-20-10/h9-10H,3-8H2,1-2H3,(H,14,18)(H,15,19)/t10-/m1/s1. The van der Waals surface area contributed by atoms with Gasteiger partial charge >= 0.3 is 5.69 Å². The molecule has 0 aliphatic carbocycles. The van der Waals surface area contributed by atoms with Crippen LogP contribution in [0.2, 0.25) is 0 Å². The number of carbonyl (C=O) groups excluding carboxylic acids is 1. The molecule has 1 aromatic rings. The van der Waals surface area contributed by atoms with Gasteiger partial charge in [0.25, 0.3) is 0 Å². The van der Waals surface area contributed by atoms with Gasteiger partial charge in [0.1, 0.15) is 0 Å². The zero-order chi connectivity index (χ0) is 15.2. The average Bonchev–Trinajstić information content (AvgIpc) is 3.06. The third-order valence-electron chi connectivity index (χ3n) is 3.17. The van der Waals surface area contributed by atoms with Crippen molar-refractivity contribution in [2.75, 3.05) is 18.9 Å². The first kappa shape index (κ1) is 16.1. The van der Waals surface area contributed by atoms with Crippen molar-refractivity contribution < 1.29 is 9.53 Å². The Morgan fingerprint density at radius 2 is 2.43 bits per heavy atom. The number of thioether (sulfide) groups is 1. The van der Waals surface area contributed by atoms with E-state index in [0.29, 0.717) is 24.2 Å². The molecule has 1 amide bonds. The van der Waals surface area contributed by atoms with Crippen molar-refractivity contribution >= 4 is 17.7 Å². The van der Waals surface area contributed by atoms with Gasteiger partial charge in [0.2, 0.25) is 5.91 Å². The molecule has 1 saturated heterocycles. The second-order valence-corrected chi connectivity index (χ2v) is 6.49. The molecule has 0 aromatic carbocycles. The highest BCUT2D eigenvalue weighted by molar-refractivity contribution is 7.99. The third-order valence-corrected chi connectivity index (χ3v) is 4.15. The maximum absolute atomic E-state index is 11.8. The largest absolute Gasteiger partial charge is 0.376 e. The van der Waals surface area contributed by atoms with Crippen LogP contribution in [0.15, 0.2) is 9.95 Å². The Labute approximate surface area is 127 Å². The summed E-state index contributed by atoms with van der Waals surface area (Å²) in [5, 5.41) is 9.79. The van der Waals surface area contributed by atoms with E-state index in [2.05, 4.69) is 15.5 Å². The van der Waals surface area contributed by atoms with Gasteiger partial charge in [-0.15, -0.1) is 5.10 Å². The smallest absolute Gasteiger partial charge is 0.344 e. The van der Waals surface area contributed by atoms with Crippen LogP contribution in [0.1, 0.15) is 26.7 Å². The highest BCUT2D eigenvalue weighted by atomic mass is 32.2. The van der Waals surface area contributed by atoms with Gasteiger partial charge in [0.15, 0.2) is 5.16 Å². The molecule has 1 atom stereocenters. The van der Waals surface area contributed by atoms with Gasteiger partial charge < -0.3 is 10.1 Å². The summed E-state index contributed by atoms with van der Waals surface area (Å²) in [6.07, 6.45) is 2.04. The van der Waals surface area contributed by atoms with Crippen LogP contribution in [-0.2, 0) is 16.1 Å². The van der Waals surface area contributed by atoms with Gasteiger partial charge in [-0.1, -0.05) is 25.6 Å². The van der Waals surface area contributed by atoms with E-state index in [1.165, 1.54) is 11.8 Å². The molecule has 1 aliphatic rings. The number of nitrogens with one attached hydrogen (secondary N) is 2. The Bertz CT molecular complexity index is 520. The summed E-state index contributed by atoms with van der Waals surface area (Å²) in [6, 6.07) is 0. The number of H-pyrrole nitrogens is 1. The van der Waals surface area contributed by atoms with Crippen LogP contribution in [0.4, 0.5) is 0 Å². The van der Waals surface area contributed by atoms with E-state index < -0.39 is 0 Å². The molecule has 2 N–H and O–H groups in total. The predicted molar refractivity (Wildman–Crippen MR) is 80.4 cm³/mol. The summed E-state index contributed by atoms with van der Waals surface area (Å²) < 4.78 is 7.09. The highest BCUT2D eigenvalue weighted by Crippen LogP contribution is 2.17. The highest BCUT2D eigenvalue weighted by Gasteiger charge is 2.20. The maximum atomic E-state index is 11.8. The molecule has 1 aromatic heterocycles. The summed E-state index contributed by atoms with van der Waals surface area (Å²) in [5.41, 5.74) is -0.254. The van der Waals surface area contributed by atoms with Crippen molar-refractivity contribution in [3.05, 3.63) is 10.5 Å². The fraction of sp³-hybridized carbons (Fsp3) is 0.769. The van der Waals surface area contributed by atoms with E-state index in [1.54, 1.807) is 4.57 Å². The molecule has 0 saturated carbocycles. The van der Waals surface area contributed by atoms with E-state index in [-0.39, 0.29) is 23.5 Å². The molecule has 7 nitrogen and oxygen atoms in total. The number of nitrogens with zero attached hydrogens (tertiary/aromatic N) is 2. The normalized spacial score (nSPS) is 18.3. The number of rotatable bonds is 7. The van der Waals surface area contributed by atoms with Crippen LogP contribution in [0.3, 0.4) is 0 Å². The molecular weight excluding hydrogens is 292 g/mol. The maximum Gasteiger partial charge on any atom is 0.344 e. The second kappa shape index (κ2) is 7.65. The van der Waals surface area contributed by atoms with Crippen LogP contribution < -0.4 is 11.0 Å². The summed E-state index contributed by atoms with van der Waals surface area (Å²) in [4.78, 5) is 23.5. The number of ether oxygens (including phenoxy) is 1. The van der Waals surface area contributed by atoms with Gasteiger partial charge in [-0.25, -0.2) is 9.89 Å². The first-order chi connectivity index (χ1) is 10.1. The first-order valence-corrected chi connectivity index (χ1v) is 8.21. The van der Waals surface area contributed by atoms with E-state index >= 15 is 0 Å². The second-order valence-electron chi connectivity index (χ2n) is 5.54. The van der Waals surface area contributed by atoms with Crippen LogP contribution in [0, 0.1) is 5.92 Å². The molecular formula is C13H22N4O3S. The monoisotopic (exact) mass is 314 g/mol. The molecule has 2 heterocycles. The number of carbonyl (C=O) groups is 1. The summed E-state index contributed by atoms with van der Waals surface area (Å²) in [7, 11) is 0. The number of amides is 1. The van der Waals surface area contributed by atoms with Gasteiger partial charge in [-0.3, -0.25) is 9.36 Å². The van der Waals surface area contributed by atoms with Gasteiger partial charge in [0, 0.05) is 13.2 Å². The quantitative estimate of drug-likeness (QED) is 0.720. The lowest BCUT2D eigenvalue weighted by Crippen LogP contribution is -2.29. The van der Waals surface area contributed by atoms with Gasteiger partial charge in [-0.05, 0) is 18.8 Å². The Morgan fingerprint density at radius 1 is 1.62 bits per heavy atom. The van der Waals surface area contributed by atoms with Crippen molar-refractivity contribution in [2.24, 2.45) is 5.92 Å². The van der Waals surface area contributed by atoms with Crippen molar-refractivity contribution in [1.29, 1.82) is 0 Å². The minimum absolute atomic E-state index is 0.0483. The summed E-state index contributed by atoms with van der Waals surface area (Å²) in [5.74, 6) is 0.623. The number of hydrogen-bond donors (Lipinski definition) is 2. The number of aromatic amines is 1. The Morgan fingerprint density at radius 3 is 3.10 bits per heavy atom. The minimum Gasteiger partial charge on any atom is -0.376 e. The molecule has 118 valence electrons. The predicted octanol–water partition coefficient (Wildman–Crippen LogP) is 0.615. The van der Waals surface area contributed by atoms with Crippen LogP contribution in [0.5, 0.6) is 0 Å². The molecule has 2 rings (SSSR count). The molecule has 0 bridgehead atoms. The molecule has 8 heteroatoms. The molecule has 0 radical (unpaired) electrons. The Hall–Kier alpha value is -1.28. The SMILES string of the molecule is CC(C)CNC(=O)CSc1n[nH]c(=O)n1C[C@H]1CCCO1. The van der Waals surface area contributed by atoms with Crippen molar-refractivity contribution in [1.82, 2.24) is 20.1 Å². The van der Waals surface area contributed by atoms with Gasteiger partial charge in [0.05, 0.1) is 18.4 Å². The first-order valence-electron chi connectivity index (χ1n) is 7.22. The zero-order valence-corrected chi connectivity index (χ0v) is 13.2. The fourth-order valence-corrected chi connectivity index (χ4v) is 2.85. The zero-order valence-electron chi connectivity index (χ0n) is 12.4. The van der Waals surface area contributed by atoms with Crippen molar-refractivity contribution in [3.63, 3.8) is 0 Å². The molecule has 1 aliphatic heterocycles. The van der Waals surface area contributed by atoms with E-state index in [4.69, 9.17) is 4.74 Å². The van der Waals surface area contributed by atoms with E-state index in [0.717, 1.165) is 19.4 Å². The number of hydrogen-bond acceptors (Lipinski definition) is 5. The fourth-order valence-electron chi connectivity index (χ4n) is 2.07. The van der Waals surface area contributed by atoms with Crippen LogP contribution >= 0.6 is 11.8 Å². The lowest BCUT2D eigenvalue weighted by Gasteiger charge is -2.11. The van der Waals surface area contributed by atoms with Crippen molar-refractivity contribution in [3.8, 4) is 0 Å². The third kappa shape index (κ3) is 4.89. The van der Waals surface area contributed by atoms with Gasteiger partial charge in [-0.2, -0.15) is 0 Å². The summed E-state index contributed by atoms with van der Waals surface area (Å²) in [6.45, 7) is 5.98. The lowest BCUT2D eigenvalue weighted by atomic mass is 10.2. The summed E-state index contributed by atoms with van der Waals surface area (Å²) >= 11 is 1.26. The van der Waals surface area contributed by atoms with Crippen LogP contribution in [-0.4, -0.2) is 45.7 Å². The Kier molecular flexibility index (Phi) is 5.86. The molecule has 1 fully saturated rings. The minimum atomic E-state index is -0.254. The number of aromatic nitrogens is 3. The molecule has 21 heavy (non-hydrogen) atoms. The topological polar surface area (TPSA) is 89.0 Å². The van der Waals surface area contributed by atoms with Crippen molar-refractivity contribution in [2.45, 2.75) is 44.5 Å². The van der Waals surface area contributed by atoms with E-state index in [9.17, 15) is 9.59 Å². The molecule has 0 spiro atoms. The average molecular weight is 314 g/mol. The Balaban J connectivity index is 1.88. The lowest BCUT2D eigenvalue weighted by molar-refractivity contribution is -0.118. The molecule has 0 unspecified atom stereocenters. The van der Waals surface area contributed by atoms with Crippen LogP contribution in [0.25, 0.3) is 0 Å².